The summed E-state index contributed by atoms with van der Waals surface area (Å²) in [4.78, 5) is 8.46. The summed E-state index contributed by atoms with van der Waals surface area (Å²) in [5.41, 5.74) is 1.10. The maximum absolute atomic E-state index is 9.39. The summed E-state index contributed by atoms with van der Waals surface area (Å²) < 4.78 is 5.63. The quantitative estimate of drug-likeness (QED) is 0.807. The molecule has 0 bridgehead atoms. The summed E-state index contributed by atoms with van der Waals surface area (Å²) in [5.74, 6) is 0.643. The van der Waals surface area contributed by atoms with Gasteiger partial charge in [-0.05, 0) is 25.0 Å². The van der Waals surface area contributed by atoms with Crippen LogP contribution >= 0.6 is 0 Å². The first-order valence-corrected chi connectivity index (χ1v) is 5.17. The lowest BCUT2D eigenvalue weighted by Crippen LogP contribution is -2.38. The number of hydrogen-bond donors (Lipinski definition) is 1. The average molecular weight is 204 g/mol. The molecule has 0 unspecified atom stereocenters. The average Bonchev–Trinajstić information content (AvgIpc) is 2.60. The van der Waals surface area contributed by atoms with E-state index in [0.29, 0.717) is 17.1 Å². The van der Waals surface area contributed by atoms with Crippen LogP contribution in [-0.2, 0) is 5.41 Å². The molecule has 1 aliphatic carbocycles. The fourth-order valence-electron chi connectivity index (χ4n) is 2.04. The van der Waals surface area contributed by atoms with Gasteiger partial charge in [0.25, 0.3) is 0 Å². The van der Waals surface area contributed by atoms with Crippen LogP contribution in [0.3, 0.4) is 0 Å². The number of aromatic nitrogens is 2. The van der Waals surface area contributed by atoms with Gasteiger partial charge in [-0.1, -0.05) is 6.42 Å². The molecular weight excluding hydrogens is 192 g/mol. The standard InChI is InChI=1S/C11H12N2O2/c14-7-11(4-2-5-11)10-13-9-8(15-10)3-1-6-12-9/h1,3,6,14H,2,4-5,7H2. The molecule has 1 fully saturated rings. The Hall–Kier alpha value is -1.42. The van der Waals surface area contributed by atoms with Crippen molar-refractivity contribution in [2.75, 3.05) is 6.61 Å². The van der Waals surface area contributed by atoms with E-state index < -0.39 is 0 Å². The Morgan fingerprint density at radius 2 is 2.33 bits per heavy atom. The third-order valence-corrected chi connectivity index (χ3v) is 3.23. The first kappa shape index (κ1) is 8.85. The first-order chi connectivity index (χ1) is 7.34. The highest BCUT2D eigenvalue weighted by atomic mass is 16.4. The van der Waals surface area contributed by atoms with Gasteiger partial charge in [-0.3, -0.25) is 0 Å². The number of rotatable bonds is 2. The van der Waals surface area contributed by atoms with Crippen molar-refractivity contribution in [2.24, 2.45) is 0 Å². The van der Waals surface area contributed by atoms with Gasteiger partial charge in [0.1, 0.15) is 0 Å². The van der Waals surface area contributed by atoms with E-state index in [9.17, 15) is 5.11 Å². The molecule has 4 heteroatoms. The smallest absolute Gasteiger partial charge is 0.205 e. The van der Waals surface area contributed by atoms with Crippen LogP contribution in [0.15, 0.2) is 22.7 Å². The van der Waals surface area contributed by atoms with Gasteiger partial charge in [0.2, 0.25) is 5.89 Å². The van der Waals surface area contributed by atoms with Crippen LogP contribution in [0.5, 0.6) is 0 Å². The summed E-state index contributed by atoms with van der Waals surface area (Å²) in [7, 11) is 0. The molecule has 15 heavy (non-hydrogen) atoms. The third-order valence-electron chi connectivity index (χ3n) is 3.23. The topological polar surface area (TPSA) is 59.2 Å². The van der Waals surface area contributed by atoms with Gasteiger partial charge in [0.15, 0.2) is 11.2 Å². The van der Waals surface area contributed by atoms with Crippen molar-refractivity contribution in [1.82, 2.24) is 9.97 Å². The Bertz CT molecular complexity index is 450. The van der Waals surface area contributed by atoms with E-state index in [0.717, 1.165) is 19.3 Å². The van der Waals surface area contributed by atoms with Crippen LogP contribution in [0.1, 0.15) is 25.2 Å². The second-order valence-electron chi connectivity index (χ2n) is 4.14. The molecule has 78 valence electrons. The third kappa shape index (κ3) is 1.18. The van der Waals surface area contributed by atoms with Crippen LogP contribution in [0.2, 0.25) is 0 Å². The van der Waals surface area contributed by atoms with Gasteiger partial charge in [0, 0.05) is 6.20 Å². The number of aliphatic hydroxyl groups excluding tert-OH is 1. The summed E-state index contributed by atoms with van der Waals surface area (Å²) in [5, 5.41) is 9.39. The fourth-order valence-corrected chi connectivity index (χ4v) is 2.04. The molecule has 3 rings (SSSR count). The van der Waals surface area contributed by atoms with E-state index in [1.807, 2.05) is 12.1 Å². The second kappa shape index (κ2) is 3.03. The van der Waals surface area contributed by atoms with Crippen molar-refractivity contribution in [3.63, 3.8) is 0 Å². The monoisotopic (exact) mass is 204 g/mol. The minimum absolute atomic E-state index is 0.111. The van der Waals surface area contributed by atoms with E-state index in [1.165, 1.54) is 0 Å². The number of nitrogens with zero attached hydrogens (tertiary/aromatic N) is 2. The van der Waals surface area contributed by atoms with Crippen LogP contribution in [0, 0.1) is 0 Å². The minimum atomic E-state index is -0.235. The maximum atomic E-state index is 9.39. The SMILES string of the molecule is OCC1(c2nc3ncccc3o2)CCC1. The molecule has 0 amide bonds. The Morgan fingerprint density at radius 1 is 1.47 bits per heavy atom. The molecule has 0 saturated heterocycles. The van der Waals surface area contributed by atoms with Gasteiger partial charge in [0.05, 0.1) is 12.0 Å². The van der Waals surface area contributed by atoms with E-state index >= 15 is 0 Å². The van der Waals surface area contributed by atoms with Crippen LogP contribution in [-0.4, -0.2) is 21.7 Å². The van der Waals surface area contributed by atoms with Crippen molar-refractivity contribution >= 4 is 11.2 Å². The maximum Gasteiger partial charge on any atom is 0.205 e. The lowest BCUT2D eigenvalue weighted by atomic mass is 9.69. The minimum Gasteiger partial charge on any atom is -0.438 e. The zero-order chi connectivity index (χ0) is 10.3. The molecule has 2 heterocycles. The zero-order valence-electron chi connectivity index (χ0n) is 8.31. The number of pyridine rings is 1. The largest absolute Gasteiger partial charge is 0.438 e. The van der Waals surface area contributed by atoms with Crippen LogP contribution in [0.25, 0.3) is 11.2 Å². The molecule has 0 aromatic carbocycles. The van der Waals surface area contributed by atoms with Crippen molar-refractivity contribution in [3.05, 3.63) is 24.2 Å². The lowest BCUT2D eigenvalue weighted by molar-refractivity contribution is 0.0953. The normalized spacial score (nSPS) is 19.0. The lowest BCUT2D eigenvalue weighted by Gasteiger charge is -2.36. The van der Waals surface area contributed by atoms with Gasteiger partial charge >= 0.3 is 0 Å². The molecule has 0 aliphatic heterocycles. The Labute approximate surface area is 87.0 Å². The van der Waals surface area contributed by atoms with Crippen molar-refractivity contribution in [2.45, 2.75) is 24.7 Å². The summed E-state index contributed by atoms with van der Waals surface area (Å²) in [6.07, 6.45) is 4.74. The van der Waals surface area contributed by atoms with E-state index in [-0.39, 0.29) is 12.0 Å². The highest BCUT2D eigenvalue weighted by Crippen LogP contribution is 2.43. The fraction of sp³-hybridized carbons (Fsp3) is 0.455. The summed E-state index contributed by atoms with van der Waals surface area (Å²) in [6, 6.07) is 3.67. The van der Waals surface area contributed by atoms with Crippen LogP contribution in [0.4, 0.5) is 0 Å². The second-order valence-corrected chi connectivity index (χ2v) is 4.14. The molecule has 1 saturated carbocycles. The zero-order valence-corrected chi connectivity index (χ0v) is 8.31. The van der Waals surface area contributed by atoms with Gasteiger partial charge in [-0.25, -0.2) is 4.98 Å². The Kier molecular flexibility index (Phi) is 1.79. The first-order valence-electron chi connectivity index (χ1n) is 5.17. The van der Waals surface area contributed by atoms with Gasteiger partial charge < -0.3 is 9.52 Å². The number of oxazole rings is 1. The highest BCUT2D eigenvalue weighted by Gasteiger charge is 2.42. The van der Waals surface area contributed by atoms with E-state index in [1.54, 1.807) is 6.20 Å². The molecule has 0 radical (unpaired) electrons. The molecule has 1 aliphatic rings. The summed E-state index contributed by atoms with van der Waals surface area (Å²) >= 11 is 0. The molecule has 2 aromatic heterocycles. The Morgan fingerprint density at radius 3 is 2.93 bits per heavy atom. The highest BCUT2D eigenvalue weighted by molar-refractivity contribution is 5.67. The van der Waals surface area contributed by atoms with Crippen molar-refractivity contribution < 1.29 is 9.52 Å². The van der Waals surface area contributed by atoms with Gasteiger partial charge in [-0.2, -0.15) is 4.98 Å². The van der Waals surface area contributed by atoms with Gasteiger partial charge in [-0.15, -0.1) is 0 Å². The molecule has 0 spiro atoms. The molecule has 1 N–H and O–H groups in total. The number of aliphatic hydroxyl groups is 1. The van der Waals surface area contributed by atoms with E-state index in [4.69, 9.17) is 4.42 Å². The predicted octanol–water partition coefficient (Wildman–Crippen LogP) is 1.64. The predicted molar refractivity (Wildman–Crippen MR) is 54.4 cm³/mol. The summed E-state index contributed by atoms with van der Waals surface area (Å²) in [6.45, 7) is 0.111. The van der Waals surface area contributed by atoms with Crippen molar-refractivity contribution in [1.29, 1.82) is 0 Å². The Balaban J connectivity index is 2.11. The molecule has 4 nitrogen and oxygen atoms in total. The van der Waals surface area contributed by atoms with Crippen molar-refractivity contribution in [3.8, 4) is 0 Å². The number of fused-ring (bicyclic) bond motifs is 1. The van der Waals surface area contributed by atoms with E-state index in [2.05, 4.69) is 9.97 Å². The number of hydrogen-bond acceptors (Lipinski definition) is 4. The molecule has 0 atom stereocenters. The molecule has 2 aromatic rings. The van der Waals surface area contributed by atoms with Crippen LogP contribution < -0.4 is 0 Å². The molecular formula is C11H12N2O2.